The predicted molar refractivity (Wildman–Crippen MR) is 340 cm³/mol. The van der Waals surface area contributed by atoms with Gasteiger partial charge >= 0.3 is 39.5 Å². The molecule has 0 aromatic carbocycles. The lowest BCUT2D eigenvalue weighted by Gasteiger charge is -2.21. The van der Waals surface area contributed by atoms with Crippen LogP contribution in [0.5, 0.6) is 0 Å². The number of carbonyl (C=O) groups excluding carboxylic acids is 4. The van der Waals surface area contributed by atoms with E-state index in [1.165, 1.54) is 148 Å². The van der Waals surface area contributed by atoms with Crippen molar-refractivity contribution in [2.75, 3.05) is 39.6 Å². The Bertz CT molecular complexity index is 1670. The van der Waals surface area contributed by atoms with Crippen molar-refractivity contribution in [2.24, 2.45) is 11.8 Å². The van der Waals surface area contributed by atoms with Crippen LogP contribution in [0.15, 0.2) is 0 Å². The number of ether oxygens (including phenoxy) is 4. The quantitative estimate of drug-likeness (QED) is 0.0222. The molecule has 0 heterocycles. The minimum atomic E-state index is -4.95. The molecule has 0 rings (SSSR count). The van der Waals surface area contributed by atoms with Gasteiger partial charge < -0.3 is 33.8 Å². The lowest BCUT2D eigenvalue weighted by atomic mass is 9.99. The Hall–Kier alpha value is -1.94. The molecule has 504 valence electrons. The summed E-state index contributed by atoms with van der Waals surface area (Å²) in [7, 11) is -9.89. The first kappa shape index (κ1) is 83.1. The van der Waals surface area contributed by atoms with Gasteiger partial charge in [-0.15, -0.1) is 0 Å². The number of phosphoric acid groups is 2. The summed E-state index contributed by atoms with van der Waals surface area (Å²) in [4.78, 5) is 72.3. The molecule has 0 radical (unpaired) electrons. The second-order valence-electron chi connectivity index (χ2n) is 24.6. The highest BCUT2D eigenvalue weighted by Crippen LogP contribution is 2.45. The van der Waals surface area contributed by atoms with Crippen molar-refractivity contribution in [1.29, 1.82) is 0 Å². The van der Waals surface area contributed by atoms with Crippen molar-refractivity contribution < 1.29 is 80.2 Å². The first-order valence-electron chi connectivity index (χ1n) is 34.5. The molecule has 0 amide bonds. The Labute approximate surface area is 517 Å². The number of esters is 4. The zero-order chi connectivity index (χ0) is 62.9. The smallest absolute Gasteiger partial charge is 0.462 e. The maximum atomic E-state index is 13.0. The van der Waals surface area contributed by atoms with Gasteiger partial charge in [0, 0.05) is 25.7 Å². The number of rotatable bonds is 65. The van der Waals surface area contributed by atoms with Gasteiger partial charge in [-0.25, -0.2) is 9.13 Å². The summed E-state index contributed by atoms with van der Waals surface area (Å²) in [5, 5.41) is 10.6. The predicted octanol–water partition coefficient (Wildman–Crippen LogP) is 18.4. The first-order valence-corrected chi connectivity index (χ1v) is 37.5. The molecule has 3 N–H and O–H groups in total. The van der Waals surface area contributed by atoms with Crippen LogP contribution in [0.25, 0.3) is 0 Å². The van der Waals surface area contributed by atoms with Crippen LogP contribution in [-0.2, 0) is 65.4 Å². The zero-order valence-corrected chi connectivity index (χ0v) is 56.7. The van der Waals surface area contributed by atoms with Crippen molar-refractivity contribution >= 4 is 39.5 Å². The molecule has 0 spiro atoms. The monoisotopic (exact) mass is 1250 g/mol. The third-order valence-electron chi connectivity index (χ3n) is 15.6. The number of aliphatic hydroxyl groups is 1. The van der Waals surface area contributed by atoms with Crippen molar-refractivity contribution in [3.8, 4) is 0 Å². The van der Waals surface area contributed by atoms with E-state index in [1.807, 2.05) is 0 Å². The molecule has 3 unspecified atom stereocenters. The fraction of sp³-hybridized carbons (Fsp3) is 0.939. The summed E-state index contributed by atoms with van der Waals surface area (Å²) < 4.78 is 68.1. The molecule has 0 aliphatic heterocycles. The molecule has 17 nitrogen and oxygen atoms in total. The summed E-state index contributed by atoms with van der Waals surface area (Å²) in [5.41, 5.74) is 0. The molecule has 0 saturated carbocycles. The van der Waals surface area contributed by atoms with E-state index >= 15 is 0 Å². The summed E-state index contributed by atoms with van der Waals surface area (Å²) >= 11 is 0. The minimum absolute atomic E-state index is 0.105. The van der Waals surface area contributed by atoms with Crippen LogP contribution in [0.4, 0.5) is 0 Å². The fourth-order valence-electron chi connectivity index (χ4n) is 9.85. The van der Waals surface area contributed by atoms with Crippen LogP contribution >= 0.6 is 15.6 Å². The number of hydrogen-bond donors (Lipinski definition) is 3. The molecule has 6 atom stereocenters. The zero-order valence-electron chi connectivity index (χ0n) is 54.9. The van der Waals surface area contributed by atoms with Crippen molar-refractivity contribution in [3.63, 3.8) is 0 Å². The van der Waals surface area contributed by atoms with Crippen molar-refractivity contribution in [2.45, 2.75) is 349 Å². The Kier molecular flexibility index (Phi) is 57.1. The van der Waals surface area contributed by atoms with Gasteiger partial charge in [-0.3, -0.25) is 37.3 Å². The Morgan fingerprint density at radius 2 is 0.600 bits per heavy atom. The topological polar surface area (TPSA) is 237 Å². The van der Waals surface area contributed by atoms with E-state index in [1.54, 1.807) is 0 Å². The molecular formula is C66H128O17P2. The summed E-state index contributed by atoms with van der Waals surface area (Å²) in [6, 6.07) is 0. The largest absolute Gasteiger partial charge is 0.472 e. The van der Waals surface area contributed by atoms with E-state index in [2.05, 4.69) is 41.5 Å². The molecule has 0 aromatic heterocycles. The molecule has 0 bridgehead atoms. The molecule has 85 heavy (non-hydrogen) atoms. The van der Waals surface area contributed by atoms with E-state index in [-0.39, 0.29) is 25.7 Å². The van der Waals surface area contributed by atoms with Crippen LogP contribution in [-0.4, -0.2) is 96.7 Å². The van der Waals surface area contributed by atoms with Crippen LogP contribution < -0.4 is 0 Å². The third kappa shape index (κ3) is 59.5. The number of aliphatic hydroxyl groups excluding tert-OH is 1. The molecule has 19 heteroatoms. The molecule has 0 aliphatic carbocycles. The molecule has 0 aliphatic rings. The molecule has 0 aromatic rings. The number of phosphoric ester groups is 2. The lowest BCUT2D eigenvalue weighted by molar-refractivity contribution is -0.161. The Morgan fingerprint density at radius 1 is 0.341 bits per heavy atom. The summed E-state index contributed by atoms with van der Waals surface area (Å²) in [6.07, 6.45) is 41.5. The van der Waals surface area contributed by atoms with Gasteiger partial charge in [0.05, 0.1) is 26.4 Å². The van der Waals surface area contributed by atoms with E-state index in [0.717, 1.165) is 102 Å². The second-order valence-corrected chi connectivity index (χ2v) is 27.5. The SMILES string of the molecule is CCCCCCCCCCCCCC(=O)O[C@H](COC(=O)CCCCCCCCCCCC)COP(=O)(O)OC[C@H](O)COP(=O)(O)OC[C@@H](COC(=O)CCCCCCCCCCC(C)CC)OC(=O)CCCCCCCCCCCC(C)C. The standard InChI is InChI=1S/C66H128O17P2/c1-7-10-12-14-16-18-20-24-32-38-44-50-65(70)82-61(54-76-63(68)48-42-36-30-23-19-17-15-13-11-8-2)56-80-84(72,73)78-52-60(67)53-79-85(74,75)81-57-62(83-66(71)51-45-39-33-25-21-22-28-34-40-46-58(4)5)55-77-64(69)49-43-37-31-27-26-29-35-41-47-59(6)9-3/h58-62,67H,7-57H2,1-6H3,(H,72,73)(H,74,75)/t59?,60-,61+,62+/m0/s1. The number of carbonyl (C=O) groups is 4. The van der Waals surface area contributed by atoms with Crippen LogP contribution in [0.2, 0.25) is 0 Å². The highest BCUT2D eigenvalue weighted by atomic mass is 31.2. The van der Waals surface area contributed by atoms with E-state index in [9.17, 15) is 43.2 Å². The van der Waals surface area contributed by atoms with Crippen LogP contribution in [0, 0.1) is 11.8 Å². The van der Waals surface area contributed by atoms with Gasteiger partial charge in [0.15, 0.2) is 12.2 Å². The third-order valence-corrected chi connectivity index (χ3v) is 17.5. The normalized spacial score (nSPS) is 14.6. The average Bonchev–Trinajstić information content (AvgIpc) is 3.49. The van der Waals surface area contributed by atoms with Gasteiger partial charge in [-0.2, -0.15) is 0 Å². The average molecular weight is 1260 g/mol. The molecule has 0 saturated heterocycles. The second kappa shape index (κ2) is 58.4. The number of unbranched alkanes of at least 4 members (excludes halogenated alkanes) is 34. The van der Waals surface area contributed by atoms with Crippen molar-refractivity contribution in [3.05, 3.63) is 0 Å². The van der Waals surface area contributed by atoms with E-state index in [4.69, 9.17) is 37.0 Å². The van der Waals surface area contributed by atoms with Gasteiger partial charge in [-0.05, 0) is 37.5 Å². The lowest BCUT2D eigenvalue weighted by Crippen LogP contribution is -2.30. The Balaban J connectivity index is 5.25. The number of hydrogen-bond acceptors (Lipinski definition) is 15. The minimum Gasteiger partial charge on any atom is -0.462 e. The molecular weight excluding hydrogens is 1130 g/mol. The van der Waals surface area contributed by atoms with Crippen molar-refractivity contribution in [1.82, 2.24) is 0 Å². The van der Waals surface area contributed by atoms with E-state index < -0.39 is 97.5 Å². The van der Waals surface area contributed by atoms with Gasteiger partial charge in [0.25, 0.3) is 0 Å². The Morgan fingerprint density at radius 3 is 0.894 bits per heavy atom. The van der Waals surface area contributed by atoms with Crippen LogP contribution in [0.3, 0.4) is 0 Å². The molecule has 0 fully saturated rings. The van der Waals surface area contributed by atoms with Gasteiger partial charge in [-0.1, -0.05) is 279 Å². The van der Waals surface area contributed by atoms with E-state index in [0.29, 0.717) is 25.7 Å². The van der Waals surface area contributed by atoms with Gasteiger partial charge in [0.2, 0.25) is 0 Å². The maximum absolute atomic E-state index is 13.0. The highest BCUT2D eigenvalue weighted by Gasteiger charge is 2.30. The van der Waals surface area contributed by atoms with Gasteiger partial charge in [0.1, 0.15) is 19.3 Å². The highest BCUT2D eigenvalue weighted by molar-refractivity contribution is 7.47. The maximum Gasteiger partial charge on any atom is 0.472 e. The first-order chi connectivity index (χ1) is 40.9. The fourth-order valence-corrected chi connectivity index (χ4v) is 11.4. The summed E-state index contributed by atoms with van der Waals surface area (Å²) in [6.45, 7) is 9.48. The van der Waals surface area contributed by atoms with Crippen LogP contribution in [0.1, 0.15) is 330 Å². The summed E-state index contributed by atoms with van der Waals surface area (Å²) in [5.74, 6) is -0.616.